The Morgan fingerprint density at radius 3 is 2.94 bits per heavy atom. The van der Waals surface area contributed by atoms with Crippen molar-refractivity contribution in [2.45, 2.75) is 38.5 Å². The lowest BCUT2D eigenvalue weighted by Gasteiger charge is -2.20. The number of hydrogen-bond donors (Lipinski definition) is 1. The summed E-state index contributed by atoms with van der Waals surface area (Å²) in [6.07, 6.45) is 6.14. The minimum Gasteiger partial charge on any atom is -0.493 e. The Labute approximate surface area is 202 Å². The van der Waals surface area contributed by atoms with E-state index in [-0.39, 0.29) is 18.6 Å². The normalized spacial score (nSPS) is 17.0. The van der Waals surface area contributed by atoms with Gasteiger partial charge in [0.2, 0.25) is 0 Å². The highest BCUT2D eigenvalue weighted by atomic mass is 16.5. The van der Waals surface area contributed by atoms with Crippen molar-refractivity contribution in [2.75, 3.05) is 13.2 Å². The quantitative estimate of drug-likeness (QED) is 0.399. The van der Waals surface area contributed by atoms with Gasteiger partial charge in [-0.3, -0.25) is 9.79 Å². The van der Waals surface area contributed by atoms with Gasteiger partial charge in [0.1, 0.15) is 5.75 Å². The number of imidazole rings is 1. The maximum atomic E-state index is 13.0. The predicted molar refractivity (Wildman–Crippen MR) is 132 cm³/mol. The summed E-state index contributed by atoms with van der Waals surface area (Å²) >= 11 is 0. The first kappa shape index (κ1) is 21.6. The lowest BCUT2D eigenvalue weighted by molar-refractivity contribution is 0.0774. The van der Waals surface area contributed by atoms with Gasteiger partial charge >= 0.3 is 0 Å². The van der Waals surface area contributed by atoms with Gasteiger partial charge in [-0.25, -0.2) is 4.98 Å². The lowest BCUT2D eigenvalue weighted by atomic mass is 10.1. The Hall–Kier alpha value is -3.91. The largest absolute Gasteiger partial charge is 0.493 e. The molecule has 1 N–H and O–H groups in total. The molecule has 2 aromatic heterocycles. The van der Waals surface area contributed by atoms with E-state index in [1.54, 1.807) is 18.4 Å². The average Bonchev–Trinajstić information content (AvgIpc) is 3.63. The average molecular weight is 471 g/mol. The highest BCUT2D eigenvalue weighted by Gasteiger charge is 2.32. The van der Waals surface area contributed by atoms with Crippen molar-refractivity contribution >= 4 is 28.8 Å². The number of furan rings is 1. The zero-order valence-corrected chi connectivity index (χ0v) is 19.3. The molecule has 0 spiro atoms. The molecule has 1 amide bonds. The van der Waals surface area contributed by atoms with Gasteiger partial charge in [-0.2, -0.15) is 0 Å². The number of benzene rings is 2. The molecule has 4 heterocycles. The van der Waals surface area contributed by atoms with Crippen molar-refractivity contribution < 1.29 is 19.1 Å². The van der Waals surface area contributed by atoms with Crippen molar-refractivity contribution in [3.05, 3.63) is 65.9 Å². The van der Waals surface area contributed by atoms with Gasteiger partial charge in [0, 0.05) is 30.9 Å². The SMILES string of the molecule is O=C1c2cc(CO)c(OCCCn3c(-c4ccco4)nc4ccccc43)cc2N=C[C@@H]2CCCN12. The number of rotatable bonds is 7. The van der Waals surface area contributed by atoms with Crippen LogP contribution in [0.4, 0.5) is 5.69 Å². The van der Waals surface area contributed by atoms with Crippen LogP contribution < -0.4 is 4.74 Å². The molecule has 8 nitrogen and oxygen atoms in total. The Balaban J connectivity index is 1.21. The van der Waals surface area contributed by atoms with Gasteiger partial charge in [0.15, 0.2) is 11.6 Å². The third-order valence-corrected chi connectivity index (χ3v) is 6.71. The van der Waals surface area contributed by atoms with E-state index in [4.69, 9.17) is 14.1 Å². The van der Waals surface area contributed by atoms with E-state index in [1.165, 1.54) is 0 Å². The molecular formula is C27H26N4O4. The maximum absolute atomic E-state index is 13.0. The van der Waals surface area contributed by atoms with Gasteiger partial charge in [0.25, 0.3) is 5.91 Å². The fourth-order valence-corrected chi connectivity index (χ4v) is 4.97. The number of ether oxygens (including phenoxy) is 1. The Morgan fingerprint density at radius 2 is 2.09 bits per heavy atom. The number of carbonyl (C=O) groups excluding carboxylic acids is 1. The van der Waals surface area contributed by atoms with Crippen LogP contribution in [0.3, 0.4) is 0 Å². The molecule has 35 heavy (non-hydrogen) atoms. The summed E-state index contributed by atoms with van der Waals surface area (Å²) < 4.78 is 13.8. The molecule has 2 aliphatic heterocycles. The number of aliphatic imine (C=N–C) groups is 1. The number of nitrogens with zero attached hydrogens (tertiary/aromatic N) is 4. The van der Waals surface area contributed by atoms with Gasteiger partial charge in [-0.05, 0) is 49.6 Å². The fraction of sp³-hybridized carbons (Fsp3) is 0.296. The summed E-state index contributed by atoms with van der Waals surface area (Å²) in [6.45, 7) is 1.65. The number of fused-ring (bicyclic) bond motifs is 3. The highest BCUT2D eigenvalue weighted by Crippen LogP contribution is 2.34. The first-order valence-electron chi connectivity index (χ1n) is 12.0. The second-order valence-corrected chi connectivity index (χ2v) is 8.88. The summed E-state index contributed by atoms with van der Waals surface area (Å²) in [5.74, 6) is 2.03. The van der Waals surface area contributed by atoms with Gasteiger partial charge < -0.3 is 23.7 Å². The molecule has 0 radical (unpaired) electrons. The number of aliphatic hydroxyl groups excluding tert-OH is 1. The van der Waals surface area contributed by atoms with Gasteiger partial charge in [-0.15, -0.1) is 0 Å². The Morgan fingerprint density at radius 1 is 1.17 bits per heavy atom. The zero-order chi connectivity index (χ0) is 23.8. The number of carbonyl (C=O) groups is 1. The minimum absolute atomic E-state index is 0.0290. The van der Waals surface area contributed by atoms with Crippen LogP contribution >= 0.6 is 0 Å². The zero-order valence-electron chi connectivity index (χ0n) is 19.3. The molecule has 1 fully saturated rings. The monoisotopic (exact) mass is 470 g/mol. The summed E-state index contributed by atoms with van der Waals surface area (Å²) in [4.78, 5) is 24.2. The Kier molecular flexibility index (Phi) is 5.58. The van der Waals surface area contributed by atoms with E-state index in [2.05, 4.69) is 9.56 Å². The number of para-hydroxylation sites is 2. The van der Waals surface area contributed by atoms with Crippen molar-refractivity contribution in [1.29, 1.82) is 0 Å². The van der Waals surface area contributed by atoms with Crippen LogP contribution in [-0.4, -0.2) is 50.9 Å². The highest BCUT2D eigenvalue weighted by molar-refractivity contribution is 6.03. The third kappa shape index (κ3) is 3.89. The number of amides is 1. The number of hydrogen-bond acceptors (Lipinski definition) is 6. The first-order chi connectivity index (χ1) is 17.2. The molecule has 1 atom stereocenters. The molecule has 178 valence electrons. The second kappa shape index (κ2) is 9.03. The molecule has 1 saturated heterocycles. The van der Waals surface area contributed by atoms with Crippen LogP contribution in [0.1, 0.15) is 35.2 Å². The van der Waals surface area contributed by atoms with Crippen molar-refractivity contribution in [2.24, 2.45) is 4.99 Å². The van der Waals surface area contributed by atoms with Crippen LogP contribution in [0.2, 0.25) is 0 Å². The Bertz CT molecular complexity index is 1410. The van der Waals surface area contributed by atoms with Gasteiger partial charge in [0.05, 0.1) is 47.8 Å². The summed E-state index contributed by atoms with van der Waals surface area (Å²) in [5.41, 5.74) is 3.66. The van der Waals surface area contributed by atoms with Crippen LogP contribution in [0.25, 0.3) is 22.6 Å². The maximum Gasteiger partial charge on any atom is 0.256 e. The molecule has 0 aliphatic carbocycles. The van der Waals surface area contributed by atoms with E-state index >= 15 is 0 Å². The number of aromatic nitrogens is 2. The van der Waals surface area contributed by atoms with Crippen LogP contribution in [0.5, 0.6) is 5.75 Å². The first-order valence-corrected chi connectivity index (χ1v) is 12.0. The molecule has 0 unspecified atom stereocenters. The molecular weight excluding hydrogens is 444 g/mol. The molecule has 4 aromatic rings. The molecule has 2 aromatic carbocycles. The van der Waals surface area contributed by atoms with E-state index in [1.807, 2.05) is 47.5 Å². The van der Waals surface area contributed by atoms with Crippen LogP contribution in [0.15, 0.2) is 64.2 Å². The smallest absolute Gasteiger partial charge is 0.256 e. The van der Waals surface area contributed by atoms with E-state index in [0.29, 0.717) is 42.1 Å². The van der Waals surface area contributed by atoms with Crippen LogP contribution in [-0.2, 0) is 13.2 Å². The third-order valence-electron chi connectivity index (χ3n) is 6.71. The van der Waals surface area contributed by atoms with Crippen molar-refractivity contribution in [3.63, 3.8) is 0 Å². The van der Waals surface area contributed by atoms with Crippen molar-refractivity contribution in [3.8, 4) is 17.3 Å². The summed E-state index contributed by atoms with van der Waals surface area (Å²) in [6, 6.07) is 15.3. The number of aliphatic hydroxyl groups is 1. The molecule has 0 saturated carbocycles. The minimum atomic E-state index is -0.210. The summed E-state index contributed by atoms with van der Waals surface area (Å²) in [5, 5.41) is 9.97. The van der Waals surface area contributed by atoms with Crippen molar-refractivity contribution in [1.82, 2.24) is 14.5 Å². The van der Waals surface area contributed by atoms with Crippen LogP contribution in [0, 0.1) is 0 Å². The van der Waals surface area contributed by atoms with E-state index < -0.39 is 0 Å². The van der Waals surface area contributed by atoms with Gasteiger partial charge in [-0.1, -0.05) is 12.1 Å². The van der Waals surface area contributed by atoms with E-state index in [9.17, 15) is 9.90 Å². The van der Waals surface area contributed by atoms with E-state index in [0.717, 1.165) is 42.0 Å². The standard InChI is InChI=1S/C27H26N4O4/c32-17-18-14-20-22(28-16-19-6-3-10-30(19)27(20)33)15-25(18)35-13-5-11-31-23-8-2-1-7-21(23)29-26(31)24-9-4-12-34-24/h1-2,4,7-9,12,14-16,19,32H,3,5-6,10-11,13,17H2/t19-/m0/s1. The molecule has 8 heteroatoms. The second-order valence-electron chi connectivity index (χ2n) is 8.88. The predicted octanol–water partition coefficient (Wildman–Crippen LogP) is 4.58. The fourth-order valence-electron chi connectivity index (χ4n) is 4.97. The topological polar surface area (TPSA) is 93.1 Å². The lowest BCUT2D eigenvalue weighted by Crippen LogP contribution is -2.35. The molecule has 2 aliphatic rings. The number of aryl methyl sites for hydroxylation is 1. The molecule has 0 bridgehead atoms. The molecule has 6 rings (SSSR count). The summed E-state index contributed by atoms with van der Waals surface area (Å²) in [7, 11) is 0.